The van der Waals surface area contributed by atoms with Gasteiger partial charge in [0.25, 0.3) is 11.6 Å². The summed E-state index contributed by atoms with van der Waals surface area (Å²) < 4.78 is 28.3. The van der Waals surface area contributed by atoms with Crippen molar-refractivity contribution in [2.75, 3.05) is 5.32 Å². The number of benzene rings is 2. The molecule has 0 spiro atoms. The average molecular weight is 343 g/mol. The summed E-state index contributed by atoms with van der Waals surface area (Å²) in [5.41, 5.74) is -0.0619. The highest BCUT2D eigenvalue weighted by molar-refractivity contribution is 6.34. The molecule has 1 N–H and O–H groups in total. The van der Waals surface area contributed by atoms with Gasteiger partial charge in [0, 0.05) is 17.8 Å². The number of hydrogen-bond donors (Lipinski definition) is 1. The van der Waals surface area contributed by atoms with Gasteiger partial charge in [0.2, 0.25) is 0 Å². The highest BCUT2D eigenvalue weighted by atomic mass is 35.5. The van der Waals surface area contributed by atoms with Crippen molar-refractivity contribution in [3.05, 3.63) is 63.2 Å². The predicted octanol–water partition coefficient (Wildman–Crippen LogP) is 4.10. The molecule has 0 aromatic heterocycles. The molecule has 0 atom stereocenters. The van der Waals surface area contributed by atoms with Crippen LogP contribution in [0.5, 0.6) is 5.75 Å². The lowest BCUT2D eigenvalue weighted by atomic mass is 10.2. The number of hydrogen-bond acceptors (Lipinski definition) is 4. The zero-order chi connectivity index (χ0) is 17.0. The standard InChI is InChI=1S/C14H9ClF2N2O4/c15-12-6-3-9(19(21)22)7-11(12)13(20)18-8-1-4-10(5-2-8)23-14(16)17/h1-7,14H,(H,18,20). The third-order valence-corrected chi connectivity index (χ3v) is 3.07. The summed E-state index contributed by atoms with van der Waals surface area (Å²) >= 11 is 5.86. The minimum absolute atomic E-state index is 0.0470. The lowest BCUT2D eigenvalue weighted by Gasteiger charge is -2.08. The number of rotatable bonds is 5. The Hall–Kier alpha value is -2.74. The molecule has 9 heteroatoms. The summed E-state index contributed by atoms with van der Waals surface area (Å²) in [6.07, 6.45) is 0. The Labute approximate surface area is 133 Å². The van der Waals surface area contributed by atoms with Crippen LogP contribution in [0, 0.1) is 10.1 Å². The maximum Gasteiger partial charge on any atom is 0.387 e. The van der Waals surface area contributed by atoms with E-state index in [4.69, 9.17) is 11.6 Å². The highest BCUT2D eigenvalue weighted by Crippen LogP contribution is 2.24. The maximum absolute atomic E-state index is 12.1. The largest absolute Gasteiger partial charge is 0.435 e. The number of alkyl halides is 2. The number of carbonyl (C=O) groups is 1. The van der Waals surface area contributed by atoms with Gasteiger partial charge in [-0.3, -0.25) is 14.9 Å². The van der Waals surface area contributed by atoms with Crippen LogP contribution in [-0.2, 0) is 0 Å². The highest BCUT2D eigenvalue weighted by Gasteiger charge is 2.16. The number of non-ortho nitro benzene ring substituents is 1. The van der Waals surface area contributed by atoms with E-state index >= 15 is 0 Å². The molecule has 120 valence electrons. The Bertz CT molecular complexity index is 738. The number of amides is 1. The number of anilines is 1. The molecule has 0 saturated carbocycles. The van der Waals surface area contributed by atoms with Crippen LogP contribution < -0.4 is 10.1 Å². The van der Waals surface area contributed by atoms with Crippen LogP contribution in [0.15, 0.2) is 42.5 Å². The first-order chi connectivity index (χ1) is 10.9. The van der Waals surface area contributed by atoms with Gasteiger partial charge < -0.3 is 10.1 Å². The number of carbonyl (C=O) groups excluding carboxylic acids is 1. The lowest BCUT2D eigenvalue weighted by molar-refractivity contribution is -0.384. The molecule has 2 aromatic rings. The number of ether oxygens (including phenoxy) is 1. The van der Waals surface area contributed by atoms with Crippen molar-refractivity contribution in [1.82, 2.24) is 0 Å². The quantitative estimate of drug-likeness (QED) is 0.655. The number of nitro benzene ring substituents is 1. The summed E-state index contributed by atoms with van der Waals surface area (Å²) in [5.74, 6) is -0.729. The topological polar surface area (TPSA) is 81.5 Å². The first-order valence-corrected chi connectivity index (χ1v) is 6.55. The molecular weight excluding hydrogens is 334 g/mol. The van der Waals surface area contributed by atoms with E-state index in [0.717, 1.165) is 6.07 Å². The molecule has 0 aliphatic heterocycles. The van der Waals surface area contributed by atoms with Crippen molar-refractivity contribution >= 4 is 28.9 Å². The monoisotopic (exact) mass is 342 g/mol. The van der Waals surface area contributed by atoms with E-state index in [1.54, 1.807) is 0 Å². The van der Waals surface area contributed by atoms with Gasteiger partial charge in [0.15, 0.2) is 0 Å². The minimum Gasteiger partial charge on any atom is -0.435 e. The molecule has 23 heavy (non-hydrogen) atoms. The van der Waals surface area contributed by atoms with Gasteiger partial charge in [-0.2, -0.15) is 8.78 Å². The Morgan fingerprint density at radius 1 is 1.22 bits per heavy atom. The lowest BCUT2D eigenvalue weighted by Crippen LogP contribution is -2.13. The minimum atomic E-state index is -2.95. The van der Waals surface area contributed by atoms with Gasteiger partial charge in [0.05, 0.1) is 15.5 Å². The van der Waals surface area contributed by atoms with Crippen molar-refractivity contribution in [3.63, 3.8) is 0 Å². The second-order valence-electron chi connectivity index (χ2n) is 4.28. The first kappa shape index (κ1) is 16.6. The van der Waals surface area contributed by atoms with E-state index in [1.165, 1.54) is 36.4 Å². The van der Waals surface area contributed by atoms with E-state index in [0.29, 0.717) is 5.69 Å². The molecule has 0 bridgehead atoms. The van der Waals surface area contributed by atoms with E-state index in [9.17, 15) is 23.7 Å². The molecule has 2 rings (SSSR count). The molecule has 0 fully saturated rings. The van der Waals surface area contributed by atoms with Crippen LogP contribution in [0.2, 0.25) is 5.02 Å². The number of nitrogens with one attached hydrogen (secondary N) is 1. The Morgan fingerprint density at radius 3 is 2.43 bits per heavy atom. The normalized spacial score (nSPS) is 10.4. The van der Waals surface area contributed by atoms with Gasteiger partial charge in [-0.25, -0.2) is 0 Å². The third-order valence-electron chi connectivity index (χ3n) is 2.74. The predicted molar refractivity (Wildman–Crippen MR) is 79.1 cm³/mol. The van der Waals surface area contributed by atoms with Crippen LogP contribution in [0.1, 0.15) is 10.4 Å². The molecule has 0 aliphatic rings. The number of nitro groups is 1. The smallest absolute Gasteiger partial charge is 0.387 e. The van der Waals surface area contributed by atoms with E-state index in [-0.39, 0.29) is 22.0 Å². The number of nitrogens with zero attached hydrogens (tertiary/aromatic N) is 1. The fraction of sp³-hybridized carbons (Fsp3) is 0.0714. The maximum atomic E-state index is 12.1. The second-order valence-corrected chi connectivity index (χ2v) is 4.69. The van der Waals surface area contributed by atoms with Gasteiger partial charge in [-0.15, -0.1) is 0 Å². The van der Waals surface area contributed by atoms with E-state index < -0.39 is 17.4 Å². The average Bonchev–Trinajstić information content (AvgIpc) is 2.48. The van der Waals surface area contributed by atoms with E-state index in [1.807, 2.05) is 0 Å². The van der Waals surface area contributed by atoms with Gasteiger partial charge in [-0.05, 0) is 30.3 Å². The van der Waals surface area contributed by atoms with Crippen molar-refractivity contribution in [2.24, 2.45) is 0 Å². The molecular formula is C14H9ClF2N2O4. The van der Waals surface area contributed by atoms with Gasteiger partial charge in [-0.1, -0.05) is 11.6 Å². The fourth-order valence-corrected chi connectivity index (χ4v) is 1.92. The summed E-state index contributed by atoms with van der Waals surface area (Å²) in [5, 5.41) is 13.2. The molecule has 0 unspecified atom stereocenters. The Balaban J connectivity index is 2.15. The first-order valence-electron chi connectivity index (χ1n) is 6.17. The SMILES string of the molecule is O=C(Nc1ccc(OC(F)F)cc1)c1cc([N+](=O)[O-])ccc1Cl. The molecule has 0 aliphatic carbocycles. The zero-order valence-electron chi connectivity index (χ0n) is 11.3. The third kappa shape index (κ3) is 4.36. The van der Waals surface area contributed by atoms with Crippen LogP contribution in [0.4, 0.5) is 20.2 Å². The van der Waals surface area contributed by atoms with Crippen LogP contribution >= 0.6 is 11.6 Å². The van der Waals surface area contributed by atoms with Crippen molar-refractivity contribution in [3.8, 4) is 5.75 Å². The zero-order valence-corrected chi connectivity index (χ0v) is 12.1. The molecule has 0 heterocycles. The molecule has 1 amide bonds. The fourth-order valence-electron chi connectivity index (χ4n) is 1.72. The number of halogens is 3. The second kappa shape index (κ2) is 7.01. The van der Waals surface area contributed by atoms with Crippen molar-refractivity contribution in [2.45, 2.75) is 6.61 Å². The Kier molecular flexibility index (Phi) is 5.07. The molecule has 2 aromatic carbocycles. The van der Waals surface area contributed by atoms with Crippen molar-refractivity contribution in [1.29, 1.82) is 0 Å². The van der Waals surface area contributed by atoms with Crippen LogP contribution in [0.3, 0.4) is 0 Å². The summed E-state index contributed by atoms with van der Waals surface area (Å²) in [4.78, 5) is 22.2. The molecule has 6 nitrogen and oxygen atoms in total. The molecule has 0 radical (unpaired) electrons. The Morgan fingerprint density at radius 2 is 1.87 bits per heavy atom. The van der Waals surface area contributed by atoms with Gasteiger partial charge >= 0.3 is 6.61 Å². The summed E-state index contributed by atoms with van der Waals surface area (Å²) in [6, 6.07) is 8.66. The summed E-state index contributed by atoms with van der Waals surface area (Å²) in [6.45, 7) is -2.95. The van der Waals surface area contributed by atoms with Crippen molar-refractivity contribution < 1.29 is 23.2 Å². The molecule has 0 saturated heterocycles. The van der Waals surface area contributed by atoms with Crippen LogP contribution in [-0.4, -0.2) is 17.4 Å². The van der Waals surface area contributed by atoms with Gasteiger partial charge in [0.1, 0.15) is 5.75 Å². The van der Waals surface area contributed by atoms with E-state index in [2.05, 4.69) is 10.1 Å². The summed E-state index contributed by atoms with van der Waals surface area (Å²) in [7, 11) is 0. The van der Waals surface area contributed by atoms with Crippen LogP contribution in [0.25, 0.3) is 0 Å².